The van der Waals surface area contributed by atoms with E-state index in [9.17, 15) is 18.0 Å². The van der Waals surface area contributed by atoms with Crippen LogP contribution in [0.25, 0.3) is 0 Å². The van der Waals surface area contributed by atoms with Crippen molar-refractivity contribution in [1.29, 1.82) is 0 Å². The van der Waals surface area contributed by atoms with E-state index in [0.29, 0.717) is 18.5 Å². The molecule has 7 heteroatoms. The number of carbonyl (C=O) groups excluding carboxylic acids is 1. The van der Waals surface area contributed by atoms with Crippen molar-refractivity contribution in [1.82, 2.24) is 4.90 Å². The predicted octanol–water partition coefficient (Wildman–Crippen LogP) is 2.94. The Hall–Kier alpha value is -1.53. The van der Waals surface area contributed by atoms with E-state index in [0.717, 1.165) is 0 Å². The van der Waals surface area contributed by atoms with Gasteiger partial charge in [-0.25, -0.2) is 4.79 Å². The first-order valence-corrected chi connectivity index (χ1v) is 6.39. The summed E-state index contributed by atoms with van der Waals surface area (Å²) in [6.45, 7) is 5.54. The Morgan fingerprint density at radius 1 is 1.30 bits per heavy atom. The van der Waals surface area contributed by atoms with Crippen LogP contribution in [0, 0.1) is 0 Å². The fourth-order valence-electron chi connectivity index (χ4n) is 2.23. The number of hydrogen-bond acceptors (Lipinski definition) is 3. The van der Waals surface area contributed by atoms with E-state index in [1.54, 1.807) is 20.8 Å². The molecule has 0 aliphatic carbocycles. The maximum absolute atomic E-state index is 12.8. The van der Waals surface area contributed by atoms with Crippen LogP contribution in [-0.4, -0.2) is 48.1 Å². The van der Waals surface area contributed by atoms with Crippen LogP contribution in [0.5, 0.6) is 0 Å². The molecule has 0 aromatic heterocycles. The molecule has 0 unspecified atom stereocenters. The number of aliphatic imine (C=N–C) groups is 1. The summed E-state index contributed by atoms with van der Waals surface area (Å²) < 4.78 is 43.7. The summed E-state index contributed by atoms with van der Waals surface area (Å²) in [4.78, 5) is 16.8. The van der Waals surface area contributed by atoms with Crippen LogP contribution in [0.2, 0.25) is 0 Å². The van der Waals surface area contributed by atoms with Crippen LogP contribution < -0.4 is 0 Å². The summed E-state index contributed by atoms with van der Waals surface area (Å²) in [5.74, 6) is 0. The topological polar surface area (TPSA) is 41.9 Å². The van der Waals surface area contributed by atoms with Crippen LogP contribution in [0.15, 0.2) is 16.1 Å². The van der Waals surface area contributed by atoms with E-state index in [-0.39, 0.29) is 18.7 Å². The molecule has 0 saturated carbocycles. The van der Waals surface area contributed by atoms with E-state index in [4.69, 9.17) is 4.74 Å². The lowest BCUT2D eigenvalue weighted by Crippen LogP contribution is -2.42. The minimum Gasteiger partial charge on any atom is -0.444 e. The summed E-state index contributed by atoms with van der Waals surface area (Å²) in [6.07, 6.45) is -4.64. The number of carbonyl (C=O) groups is 1. The third-order valence-corrected chi connectivity index (χ3v) is 3.09. The van der Waals surface area contributed by atoms with Crippen molar-refractivity contribution >= 4 is 11.8 Å². The zero-order valence-corrected chi connectivity index (χ0v) is 11.7. The summed E-state index contributed by atoms with van der Waals surface area (Å²) in [5, 5.41) is 0. The van der Waals surface area contributed by atoms with Gasteiger partial charge in [0, 0.05) is 12.1 Å². The molecule has 2 rings (SSSR count). The Balaban J connectivity index is 2.11. The molecular weight excluding hydrogens is 273 g/mol. The number of hydrogen-bond donors (Lipinski definition) is 0. The molecule has 20 heavy (non-hydrogen) atoms. The molecule has 0 N–H and O–H groups in total. The van der Waals surface area contributed by atoms with Gasteiger partial charge in [0.2, 0.25) is 0 Å². The zero-order valence-electron chi connectivity index (χ0n) is 11.7. The normalized spacial score (nSPS) is 19.9. The first kappa shape index (κ1) is 14.9. The highest BCUT2D eigenvalue weighted by atomic mass is 19.4. The SMILES string of the molecule is CC(C)(C)OC(=O)N1CCC2=C(C1)C(C(F)(F)F)=NC2. The van der Waals surface area contributed by atoms with Gasteiger partial charge in [-0.15, -0.1) is 0 Å². The number of amides is 1. The highest BCUT2D eigenvalue weighted by Crippen LogP contribution is 2.32. The molecule has 2 aliphatic rings. The maximum Gasteiger partial charge on any atom is 0.433 e. The summed E-state index contributed by atoms with van der Waals surface area (Å²) in [6, 6.07) is 0. The smallest absolute Gasteiger partial charge is 0.433 e. The molecule has 0 spiro atoms. The van der Waals surface area contributed by atoms with Gasteiger partial charge < -0.3 is 9.64 Å². The number of alkyl halides is 3. The van der Waals surface area contributed by atoms with Gasteiger partial charge in [0.05, 0.1) is 13.1 Å². The number of rotatable bonds is 0. The molecular formula is C13H17F3N2O2. The summed E-state index contributed by atoms with van der Waals surface area (Å²) >= 11 is 0. The van der Waals surface area contributed by atoms with Gasteiger partial charge in [-0.3, -0.25) is 4.99 Å². The molecule has 0 saturated heterocycles. The van der Waals surface area contributed by atoms with Gasteiger partial charge in [-0.2, -0.15) is 13.2 Å². The Bertz CT molecular complexity index is 487. The molecule has 0 bridgehead atoms. The van der Waals surface area contributed by atoms with Gasteiger partial charge in [0.1, 0.15) is 11.3 Å². The molecule has 0 aromatic carbocycles. The van der Waals surface area contributed by atoms with Crippen molar-refractivity contribution in [3.05, 3.63) is 11.1 Å². The zero-order chi connectivity index (χ0) is 15.1. The molecule has 112 valence electrons. The first-order chi connectivity index (χ1) is 9.08. The van der Waals surface area contributed by atoms with Crippen molar-refractivity contribution in [2.24, 2.45) is 4.99 Å². The lowest BCUT2D eigenvalue weighted by atomic mass is 9.99. The van der Waals surface area contributed by atoms with Crippen molar-refractivity contribution in [3.63, 3.8) is 0 Å². The molecule has 0 fully saturated rings. The van der Waals surface area contributed by atoms with Gasteiger partial charge in [-0.05, 0) is 32.8 Å². The predicted molar refractivity (Wildman–Crippen MR) is 67.8 cm³/mol. The van der Waals surface area contributed by atoms with Gasteiger partial charge in [-0.1, -0.05) is 0 Å². The molecule has 0 atom stereocenters. The second-order valence-electron chi connectivity index (χ2n) is 5.90. The molecule has 2 heterocycles. The highest BCUT2D eigenvalue weighted by molar-refractivity contribution is 6.07. The maximum atomic E-state index is 12.8. The van der Waals surface area contributed by atoms with Crippen molar-refractivity contribution in [2.45, 2.75) is 39.0 Å². The standard InChI is InChI=1S/C13H17F3N2O2/c1-12(2,3)20-11(19)18-5-4-8-6-17-10(9(8)7-18)13(14,15)16/h4-7H2,1-3H3. The second-order valence-corrected chi connectivity index (χ2v) is 5.90. The minimum absolute atomic E-state index is 0.0808. The second kappa shape index (κ2) is 4.79. The van der Waals surface area contributed by atoms with E-state index >= 15 is 0 Å². The van der Waals surface area contributed by atoms with E-state index in [2.05, 4.69) is 4.99 Å². The average molecular weight is 290 g/mol. The highest BCUT2D eigenvalue weighted by Gasteiger charge is 2.43. The Labute approximate surface area is 115 Å². The molecule has 4 nitrogen and oxygen atoms in total. The largest absolute Gasteiger partial charge is 0.444 e. The summed E-state index contributed by atoms with van der Waals surface area (Å²) in [7, 11) is 0. The quantitative estimate of drug-likeness (QED) is 0.688. The third-order valence-electron chi connectivity index (χ3n) is 3.09. The minimum atomic E-state index is -4.46. The molecule has 0 radical (unpaired) electrons. The third kappa shape index (κ3) is 3.13. The monoisotopic (exact) mass is 290 g/mol. The van der Waals surface area contributed by atoms with Gasteiger partial charge in [0.15, 0.2) is 0 Å². The average Bonchev–Trinajstić information content (AvgIpc) is 2.68. The van der Waals surface area contributed by atoms with E-state index in [1.807, 2.05) is 0 Å². The first-order valence-electron chi connectivity index (χ1n) is 6.39. The Kier molecular flexibility index (Phi) is 3.56. The van der Waals surface area contributed by atoms with Crippen molar-refractivity contribution in [3.8, 4) is 0 Å². The fourth-order valence-corrected chi connectivity index (χ4v) is 2.23. The Morgan fingerprint density at radius 3 is 2.50 bits per heavy atom. The van der Waals surface area contributed by atoms with Crippen molar-refractivity contribution < 1.29 is 22.7 Å². The van der Waals surface area contributed by atoms with Crippen LogP contribution in [0.1, 0.15) is 27.2 Å². The van der Waals surface area contributed by atoms with Crippen LogP contribution in [0.4, 0.5) is 18.0 Å². The summed E-state index contributed by atoms with van der Waals surface area (Å²) in [5.41, 5.74) is -0.699. The fraction of sp³-hybridized carbons (Fsp3) is 0.692. The van der Waals surface area contributed by atoms with E-state index in [1.165, 1.54) is 4.90 Å². The van der Waals surface area contributed by atoms with Crippen LogP contribution in [-0.2, 0) is 4.74 Å². The number of halogens is 3. The van der Waals surface area contributed by atoms with Crippen molar-refractivity contribution in [2.75, 3.05) is 19.6 Å². The lowest BCUT2D eigenvalue weighted by molar-refractivity contribution is -0.0585. The molecule has 1 amide bonds. The van der Waals surface area contributed by atoms with Gasteiger partial charge in [0.25, 0.3) is 0 Å². The van der Waals surface area contributed by atoms with E-state index < -0.39 is 23.6 Å². The molecule has 0 aromatic rings. The Morgan fingerprint density at radius 2 is 1.95 bits per heavy atom. The van der Waals surface area contributed by atoms with Gasteiger partial charge >= 0.3 is 12.3 Å². The molecule has 2 aliphatic heterocycles. The number of ether oxygens (including phenoxy) is 1. The lowest BCUT2D eigenvalue weighted by Gasteiger charge is -2.31. The number of nitrogens with zero attached hydrogens (tertiary/aromatic N) is 2. The van der Waals surface area contributed by atoms with Crippen LogP contribution >= 0.6 is 0 Å². The van der Waals surface area contributed by atoms with Crippen LogP contribution in [0.3, 0.4) is 0 Å².